The van der Waals surface area contributed by atoms with Gasteiger partial charge in [0.15, 0.2) is 0 Å². The number of benzene rings is 1. The number of nitrogens with zero attached hydrogens (tertiary/aromatic N) is 1. The zero-order valence-electron chi connectivity index (χ0n) is 10.7. The van der Waals surface area contributed by atoms with Crippen LogP contribution in [0.5, 0.6) is 0 Å². The Morgan fingerprint density at radius 2 is 2.29 bits per heavy atom. The summed E-state index contributed by atoms with van der Waals surface area (Å²) in [5.41, 5.74) is 2.69. The van der Waals surface area contributed by atoms with Crippen LogP contribution < -0.4 is 5.32 Å². The molecule has 1 aliphatic heterocycles. The lowest BCUT2D eigenvalue weighted by atomic mass is 10.0. The first-order valence-corrected chi connectivity index (χ1v) is 6.78. The molecule has 0 radical (unpaired) electrons. The van der Waals surface area contributed by atoms with Gasteiger partial charge in [0.2, 0.25) is 0 Å². The van der Waals surface area contributed by atoms with Crippen LogP contribution in [0.1, 0.15) is 24.5 Å². The van der Waals surface area contributed by atoms with Gasteiger partial charge in [0.05, 0.1) is 0 Å². The van der Waals surface area contributed by atoms with Gasteiger partial charge in [-0.05, 0) is 37.1 Å². The average molecular weight is 253 g/mol. The van der Waals surface area contributed by atoms with Crippen LogP contribution in [0.2, 0.25) is 5.02 Å². The van der Waals surface area contributed by atoms with Crippen molar-refractivity contribution in [2.24, 2.45) is 0 Å². The van der Waals surface area contributed by atoms with Crippen molar-refractivity contribution in [1.29, 1.82) is 0 Å². The fourth-order valence-corrected chi connectivity index (χ4v) is 2.80. The van der Waals surface area contributed by atoms with Crippen molar-refractivity contribution in [3.63, 3.8) is 0 Å². The van der Waals surface area contributed by atoms with Gasteiger partial charge in [-0.25, -0.2) is 0 Å². The van der Waals surface area contributed by atoms with E-state index in [9.17, 15) is 0 Å². The SMILES string of the molecule is CCc1cccc(Cl)c1CN1CCC(NC)C1. The van der Waals surface area contributed by atoms with Crippen molar-refractivity contribution in [3.05, 3.63) is 34.3 Å². The number of hydrogen-bond donors (Lipinski definition) is 1. The van der Waals surface area contributed by atoms with E-state index in [-0.39, 0.29) is 0 Å². The molecule has 1 saturated heterocycles. The third kappa shape index (κ3) is 3.01. The summed E-state index contributed by atoms with van der Waals surface area (Å²) >= 11 is 6.31. The van der Waals surface area contributed by atoms with Gasteiger partial charge in [0, 0.05) is 30.7 Å². The maximum absolute atomic E-state index is 6.31. The first-order valence-electron chi connectivity index (χ1n) is 6.40. The topological polar surface area (TPSA) is 15.3 Å². The van der Waals surface area contributed by atoms with Crippen molar-refractivity contribution in [1.82, 2.24) is 10.2 Å². The van der Waals surface area contributed by atoms with Crippen molar-refractivity contribution in [2.45, 2.75) is 32.4 Å². The van der Waals surface area contributed by atoms with Gasteiger partial charge in [-0.15, -0.1) is 0 Å². The normalized spacial score (nSPS) is 21.0. The predicted molar refractivity (Wildman–Crippen MR) is 73.6 cm³/mol. The van der Waals surface area contributed by atoms with Crippen LogP contribution in [0.15, 0.2) is 18.2 Å². The number of halogens is 1. The Bertz CT molecular complexity index is 378. The number of likely N-dealkylation sites (tertiary alicyclic amines) is 1. The zero-order valence-corrected chi connectivity index (χ0v) is 11.4. The summed E-state index contributed by atoms with van der Waals surface area (Å²) in [6.45, 7) is 5.47. The Morgan fingerprint density at radius 3 is 2.94 bits per heavy atom. The molecule has 3 heteroatoms. The molecule has 1 aromatic carbocycles. The van der Waals surface area contributed by atoms with Gasteiger partial charge in [-0.2, -0.15) is 0 Å². The molecular weight excluding hydrogens is 232 g/mol. The van der Waals surface area contributed by atoms with E-state index in [2.05, 4.69) is 23.2 Å². The molecule has 1 fully saturated rings. The Balaban J connectivity index is 2.08. The van der Waals surface area contributed by atoms with E-state index in [0.29, 0.717) is 6.04 Å². The summed E-state index contributed by atoms with van der Waals surface area (Å²) in [5.74, 6) is 0. The first kappa shape index (κ1) is 12.9. The summed E-state index contributed by atoms with van der Waals surface area (Å²) < 4.78 is 0. The van der Waals surface area contributed by atoms with Crippen LogP contribution in [-0.2, 0) is 13.0 Å². The average Bonchev–Trinajstić information content (AvgIpc) is 2.79. The Labute approximate surface area is 109 Å². The molecular formula is C14H21ClN2. The fraction of sp³-hybridized carbons (Fsp3) is 0.571. The second kappa shape index (κ2) is 5.85. The molecule has 1 unspecified atom stereocenters. The molecule has 1 heterocycles. The number of aryl methyl sites for hydroxylation is 1. The monoisotopic (exact) mass is 252 g/mol. The van der Waals surface area contributed by atoms with Crippen molar-refractivity contribution in [2.75, 3.05) is 20.1 Å². The standard InChI is InChI=1S/C14H21ClN2/c1-3-11-5-4-6-14(15)13(11)10-17-8-7-12(9-17)16-2/h4-6,12,16H,3,7-10H2,1-2H3. The Hall–Kier alpha value is -0.570. The maximum Gasteiger partial charge on any atom is 0.0453 e. The van der Waals surface area contributed by atoms with E-state index >= 15 is 0 Å². The predicted octanol–water partition coefficient (Wildman–Crippen LogP) is 2.70. The molecule has 2 nitrogen and oxygen atoms in total. The number of likely N-dealkylation sites (N-methyl/N-ethyl adjacent to an activating group) is 1. The van der Waals surface area contributed by atoms with Gasteiger partial charge in [-0.3, -0.25) is 4.90 Å². The third-order valence-corrected chi connectivity index (χ3v) is 4.01. The third-order valence-electron chi connectivity index (χ3n) is 3.66. The molecule has 2 rings (SSSR count). The molecule has 0 spiro atoms. The van der Waals surface area contributed by atoms with E-state index < -0.39 is 0 Å². The smallest absolute Gasteiger partial charge is 0.0453 e. The number of rotatable bonds is 4. The minimum Gasteiger partial charge on any atom is -0.316 e. The van der Waals surface area contributed by atoms with E-state index in [1.807, 2.05) is 19.2 Å². The molecule has 0 amide bonds. The summed E-state index contributed by atoms with van der Waals surface area (Å²) in [4.78, 5) is 2.49. The van der Waals surface area contributed by atoms with Gasteiger partial charge < -0.3 is 5.32 Å². The highest BCUT2D eigenvalue weighted by Gasteiger charge is 2.22. The van der Waals surface area contributed by atoms with Crippen molar-refractivity contribution >= 4 is 11.6 Å². The van der Waals surface area contributed by atoms with E-state index in [4.69, 9.17) is 11.6 Å². The second-order valence-corrected chi connectivity index (χ2v) is 5.15. The minimum atomic E-state index is 0.641. The number of hydrogen-bond acceptors (Lipinski definition) is 2. The molecule has 1 aromatic rings. The molecule has 0 saturated carbocycles. The maximum atomic E-state index is 6.31. The summed E-state index contributed by atoms with van der Waals surface area (Å²) in [7, 11) is 2.04. The van der Waals surface area contributed by atoms with Gasteiger partial charge >= 0.3 is 0 Å². The van der Waals surface area contributed by atoms with Crippen LogP contribution in [-0.4, -0.2) is 31.1 Å². The molecule has 0 aromatic heterocycles. The van der Waals surface area contributed by atoms with Crippen LogP contribution in [0.25, 0.3) is 0 Å². The van der Waals surface area contributed by atoms with Crippen LogP contribution in [0, 0.1) is 0 Å². The molecule has 0 aliphatic carbocycles. The lowest BCUT2D eigenvalue weighted by Crippen LogP contribution is -2.29. The lowest BCUT2D eigenvalue weighted by molar-refractivity contribution is 0.321. The van der Waals surface area contributed by atoms with Gasteiger partial charge in [-0.1, -0.05) is 30.7 Å². The largest absolute Gasteiger partial charge is 0.316 e. The highest BCUT2D eigenvalue weighted by molar-refractivity contribution is 6.31. The molecule has 94 valence electrons. The molecule has 0 bridgehead atoms. The van der Waals surface area contributed by atoms with Gasteiger partial charge in [0.25, 0.3) is 0 Å². The minimum absolute atomic E-state index is 0.641. The lowest BCUT2D eigenvalue weighted by Gasteiger charge is -2.19. The quantitative estimate of drug-likeness (QED) is 0.887. The summed E-state index contributed by atoms with van der Waals surface area (Å²) in [6.07, 6.45) is 2.29. The zero-order chi connectivity index (χ0) is 12.3. The van der Waals surface area contributed by atoms with Crippen LogP contribution in [0.4, 0.5) is 0 Å². The van der Waals surface area contributed by atoms with Crippen molar-refractivity contribution in [3.8, 4) is 0 Å². The summed E-state index contributed by atoms with van der Waals surface area (Å²) in [5, 5.41) is 4.26. The highest BCUT2D eigenvalue weighted by atomic mass is 35.5. The van der Waals surface area contributed by atoms with E-state index in [1.165, 1.54) is 24.1 Å². The highest BCUT2D eigenvalue weighted by Crippen LogP contribution is 2.24. The molecule has 1 aliphatic rings. The summed E-state index contributed by atoms with van der Waals surface area (Å²) in [6, 6.07) is 6.88. The van der Waals surface area contributed by atoms with Crippen LogP contribution >= 0.6 is 11.6 Å². The Kier molecular flexibility index (Phi) is 4.43. The van der Waals surface area contributed by atoms with E-state index in [1.54, 1.807) is 0 Å². The first-order chi connectivity index (χ1) is 8.24. The van der Waals surface area contributed by atoms with Crippen molar-refractivity contribution < 1.29 is 0 Å². The Morgan fingerprint density at radius 1 is 1.47 bits per heavy atom. The van der Waals surface area contributed by atoms with Crippen LogP contribution in [0.3, 0.4) is 0 Å². The fourth-order valence-electron chi connectivity index (χ4n) is 2.55. The van der Waals surface area contributed by atoms with Gasteiger partial charge in [0.1, 0.15) is 0 Å². The molecule has 17 heavy (non-hydrogen) atoms. The molecule has 1 N–H and O–H groups in total. The number of nitrogens with one attached hydrogen (secondary N) is 1. The van der Waals surface area contributed by atoms with E-state index in [0.717, 1.165) is 24.5 Å². The second-order valence-electron chi connectivity index (χ2n) is 4.74. The molecule has 1 atom stereocenters.